The molecule has 5 N–H and O–H groups in total. The minimum Gasteiger partial charge on any atom is -0.478 e. The predicted octanol–water partition coefficient (Wildman–Crippen LogP) is 17.8. The second-order valence-electron chi connectivity index (χ2n) is 22.3. The van der Waals surface area contributed by atoms with Crippen LogP contribution in [0.2, 0.25) is 0 Å². The Kier molecular flexibility index (Phi) is 45.0. The minimum absolute atomic E-state index is 0.0778. The maximum Gasteiger partial charge on any atom is 0.336 e. The van der Waals surface area contributed by atoms with E-state index in [0.29, 0.717) is 57.9 Å². The number of para-hydroxylation sites is 2. The number of esters is 3. The summed E-state index contributed by atoms with van der Waals surface area (Å²) in [5, 5.41) is 35.5. The highest BCUT2D eigenvalue weighted by atomic mass is 16.6. The van der Waals surface area contributed by atoms with Gasteiger partial charge in [0.2, 0.25) is 0 Å². The van der Waals surface area contributed by atoms with Gasteiger partial charge in [0.15, 0.2) is 0 Å². The lowest BCUT2D eigenvalue weighted by Crippen LogP contribution is -2.37. The lowest BCUT2D eigenvalue weighted by atomic mass is 9.88. The maximum atomic E-state index is 13.0. The van der Waals surface area contributed by atoms with Crippen molar-refractivity contribution in [2.75, 3.05) is 40.4 Å². The fraction of sp³-hybridized carbons (Fsp3) is 0.392. The zero-order chi connectivity index (χ0) is 73.5. The van der Waals surface area contributed by atoms with Crippen LogP contribution in [0.4, 0.5) is 11.4 Å². The second-order valence-corrected chi connectivity index (χ2v) is 22.3. The predicted molar refractivity (Wildman–Crippen MR) is 394 cm³/mol. The fourth-order valence-corrected chi connectivity index (χ4v) is 10.1. The Morgan fingerprint density at radius 1 is 0.629 bits per heavy atom. The number of nitrogens with one attached hydrogen (secondary N) is 2. The topological polar surface area (TPSA) is 256 Å². The minimum atomic E-state index is -1.02. The van der Waals surface area contributed by atoms with Gasteiger partial charge in [-0.1, -0.05) is 221 Å². The number of aliphatic carboxylic acids is 1. The summed E-state index contributed by atoms with van der Waals surface area (Å²) in [7, 11) is 2.62. The summed E-state index contributed by atoms with van der Waals surface area (Å²) in [6.45, 7) is 36.7. The Morgan fingerprint density at radius 2 is 1.00 bits per heavy atom. The molecule has 0 aromatic heterocycles. The number of hydrogen-bond acceptors (Lipinski definition) is 15. The number of allylic oxidation sites excluding steroid dienone is 9. The summed E-state index contributed by atoms with van der Waals surface area (Å²) in [6.07, 6.45) is 12.5. The largest absolute Gasteiger partial charge is 0.478 e. The van der Waals surface area contributed by atoms with Crippen molar-refractivity contribution in [3.8, 4) is 0 Å². The molecule has 3 aliphatic heterocycles. The number of benzene rings is 5. The molecule has 0 saturated carbocycles. The van der Waals surface area contributed by atoms with Gasteiger partial charge in [0.05, 0.1) is 46.4 Å². The van der Waals surface area contributed by atoms with E-state index < -0.39 is 39.3 Å². The summed E-state index contributed by atoms with van der Waals surface area (Å²) in [5.41, 5.74) is 14.3. The number of ether oxygens (including phenoxy) is 3. The maximum absolute atomic E-state index is 13.0. The van der Waals surface area contributed by atoms with Gasteiger partial charge in [-0.15, -0.1) is 0 Å². The van der Waals surface area contributed by atoms with E-state index >= 15 is 0 Å². The van der Waals surface area contributed by atoms with E-state index in [1.807, 2.05) is 66.7 Å². The molecule has 0 aliphatic carbocycles. The fourth-order valence-electron chi connectivity index (χ4n) is 10.1. The molecule has 5 aromatic carbocycles. The summed E-state index contributed by atoms with van der Waals surface area (Å²) in [5.74, 6) is -0.768. The number of dihydropyridines is 2. The number of likely N-dealkylation sites (tertiary alicyclic amines) is 1. The van der Waals surface area contributed by atoms with Crippen molar-refractivity contribution in [1.29, 1.82) is 0 Å². The number of carbonyl (C=O) groups excluding carboxylic acids is 3. The number of methoxy groups -OCH3 is 2. The Labute approximate surface area is 578 Å². The van der Waals surface area contributed by atoms with Gasteiger partial charge in [-0.05, 0) is 102 Å². The van der Waals surface area contributed by atoms with Crippen molar-refractivity contribution >= 4 is 35.3 Å². The van der Waals surface area contributed by atoms with E-state index in [4.69, 9.17) is 10.5 Å². The number of nitrogens with two attached hydrogens (primary N) is 1. The molecule has 18 nitrogen and oxygen atoms in total. The lowest BCUT2D eigenvalue weighted by Gasteiger charge is -2.28. The van der Waals surface area contributed by atoms with Gasteiger partial charge < -0.3 is 35.7 Å². The monoisotopic (exact) mass is 1330 g/mol. The first kappa shape index (κ1) is 87.5. The summed E-state index contributed by atoms with van der Waals surface area (Å²) >= 11 is 0. The second kappa shape index (κ2) is 49.9. The SMILES string of the molecule is C=C/C=C(\C=C/C)C(CC)c1ccccc1.CC.CC.CC.CC(C)CCN.CC1=C(C(=O)O)CC(C(=O)O[C@@]2(C)CCN(CCC(c3ccccc3)c3ccccc3)C2)=C(C)N1.COC(=O)C1=C(C)NC(C)=C(C(=O)OC)C1.O=[N+]([O-])c1ccccc1.O=[N+]([O-])c1ccccc1. The number of nitro benzene ring substituents is 2. The van der Waals surface area contributed by atoms with Crippen molar-refractivity contribution in [3.63, 3.8) is 0 Å². The van der Waals surface area contributed by atoms with Crippen LogP contribution in [-0.4, -0.2) is 89.7 Å². The normalized spacial score (nSPS) is 14.9. The van der Waals surface area contributed by atoms with Crippen LogP contribution in [-0.2, 0) is 33.4 Å². The summed E-state index contributed by atoms with van der Waals surface area (Å²) in [6, 6.07) is 47.7. The molecule has 0 spiro atoms. The van der Waals surface area contributed by atoms with Crippen LogP contribution in [0, 0.1) is 26.1 Å². The Morgan fingerprint density at radius 3 is 1.32 bits per heavy atom. The number of nitro groups is 2. The molecule has 8 rings (SSSR count). The van der Waals surface area contributed by atoms with E-state index in [1.165, 1.54) is 60.7 Å². The quantitative estimate of drug-likeness (QED) is 0.0197. The zero-order valence-electron chi connectivity index (χ0n) is 60.6. The number of hydrogen-bond donors (Lipinski definition) is 4. The molecule has 3 heterocycles. The first-order valence-corrected chi connectivity index (χ1v) is 33.4. The van der Waals surface area contributed by atoms with Gasteiger partial charge >= 0.3 is 23.9 Å². The van der Waals surface area contributed by atoms with Crippen LogP contribution in [0.1, 0.15) is 171 Å². The van der Waals surface area contributed by atoms with Crippen molar-refractivity contribution in [1.82, 2.24) is 15.5 Å². The first-order chi connectivity index (χ1) is 46.5. The van der Waals surface area contributed by atoms with Gasteiger partial charge in [0.1, 0.15) is 5.60 Å². The van der Waals surface area contributed by atoms with E-state index in [9.17, 15) is 44.5 Å². The molecule has 0 amide bonds. The van der Waals surface area contributed by atoms with Crippen molar-refractivity contribution < 1.29 is 48.3 Å². The van der Waals surface area contributed by atoms with Gasteiger partial charge in [0.25, 0.3) is 11.4 Å². The molecule has 0 radical (unpaired) electrons. The highest BCUT2D eigenvalue weighted by molar-refractivity contribution is 5.97. The van der Waals surface area contributed by atoms with Crippen molar-refractivity contribution in [2.24, 2.45) is 11.7 Å². The third-order valence-corrected chi connectivity index (χ3v) is 15.0. The third-order valence-electron chi connectivity index (χ3n) is 15.0. The van der Waals surface area contributed by atoms with E-state index in [-0.39, 0.29) is 29.8 Å². The third kappa shape index (κ3) is 32.2. The van der Waals surface area contributed by atoms with Gasteiger partial charge in [-0.25, -0.2) is 19.2 Å². The Bertz CT molecular complexity index is 3220. The molecule has 1 unspecified atom stereocenters. The van der Waals surface area contributed by atoms with Crippen molar-refractivity contribution in [3.05, 3.63) is 270 Å². The number of non-ortho nitro benzene ring substituents is 2. The zero-order valence-corrected chi connectivity index (χ0v) is 60.6. The van der Waals surface area contributed by atoms with E-state index in [2.05, 4.69) is 156 Å². The number of carboxylic acids is 1. The molecule has 1 fully saturated rings. The van der Waals surface area contributed by atoms with Crippen LogP contribution < -0.4 is 16.4 Å². The average molecular weight is 1340 g/mol. The standard InChI is InChI=1S/C29H34N2O4.C16H20.C11H15NO4.2C6H5NO2.C5H13N.3C2H6/c1-20-25(27(32)33)18-26(21(2)30-20)28(34)35-29(3)15-17-31(19-29)16-14-24(22-10-6-4-7-11-22)23-12-8-5-9-13-23;1-4-10-14(11-5-2)16(6-3)15-12-8-7-9-13-15;1-6-8(10(13)15-3)5-9(7(2)12-6)11(14)16-4;2*8-7(9)6-4-2-1-3-5-6;1-5(2)3-4-6;3*1-2/h4-13,24,30H,14-19H2,1-3H3,(H,32,33);4-5,7-13,16H,1,6H2,2-3H3;12H,5H2,1-4H3;2*1-5H;5H,3-4,6H2,1-2H3;3*1-2H3/b;11-5-,14-10+;;;;;;;/t29-;;;;;;;;/m0......../s1. The highest BCUT2D eigenvalue weighted by Crippen LogP contribution is 2.34. The molecular formula is C79H110N6O12. The Hall–Kier alpha value is -9.52. The van der Waals surface area contributed by atoms with Crippen LogP contribution in [0.3, 0.4) is 0 Å². The smallest absolute Gasteiger partial charge is 0.336 e. The Balaban J connectivity index is 0.00000125. The van der Waals surface area contributed by atoms with Crippen LogP contribution in [0.25, 0.3) is 0 Å². The molecule has 0 bridgehead atoms. The van der Waals surface area contributed by atoms with Gasteiger partial charge in [0, 0.05) is 91.2 Å². The van der Waals surface area contributed by atoms with E-state index in [0.717, 1.165) is 51.2 Å². The molecule has 1 saturated heterocycles. The van der Waals surface area contributed by atoms with Crippen LogP contribution in [0.15, 0.2) is 233 Å². The first-order valence-electron chi connectivity index (χ1n) is 33.4. The number of nitrogens with zero attached hydrogens (tertiary/aromatic N) is 3. The lowest BCUT2D eigenvalue weighted by molar-refractivity contribution is -0.385. The molecule has 3 aliphatic rings. The summed E-state index contributed by atoms with van der Waals surface area (Å²) < 4.78 is 15.3. The average Bonchev–Trinajstić information content (AvgIpc) is 1.81. The highest BCUT2D eigenvalue weighted by Gasteiger charge is 2.39. The molecule has 18 heteroatoms. The molecule has 528 valence electrons. The molecular weight excluding hydrogens is 1220 g/mol. The molecule has 2 atom stereocenters. The van der Waals surface area contributed by atoms with Crippen LogP contribution in [0.5, 0.6) is 0 Å². The molecule has 97 heavy (non-hydrogen) atoms. The van der Waals surface area contributed by atoms with E-state index in [1.54, 1.807) is 64.1 Å². The summed E-state index contributed by atoms with van der Waals surface area (Å²) in [4.78, 5) is 69.0. The number of carbonyl (C=O) groups is 4. The number of carboxylic acid groups (broad SMARTS) is 1. The van der Waals surface area contributed by atoms with Gasteiger partial charge in [-0.3, -0.25) is 25.1 Å². The number of rotatable bonds is 19. The van der Waals surface area contributed by atoms with Crippen molar-refractivity contribution in [2.45, 2.75) is 160 Å². The van der Waals surface area contributed by atoms with Gasteiger partial charge in [-0.2, -0.15) is 0 Å². The van der Waals surface area contributed by atoms with Crippen LogP contribution >= 0.6 is 0 Å². The molecule has 5 aromatic rings.